The van der Waals surface area contributed by atoms with Crippen molar-refractivity contribution < 1.29 is 13.2 Å². The Labute approximate surface area is 106 Å². The normalized spacial score (nSPS) is 21.4. The first-order chi connectivity index (χ1) is 8.14. The van der Waals surface area contributed by atoms with Crippen LogP contribution >= 0.6 is 11.6 Å². The van der Waals surface area contributed by atoms with Gasteiger partial charge in [-0.1, -0.05) is 12.1 Å². The highest BCUT2D eigenvalue weighted by Crippen LogP contribution is 2.19. The molecular weight excluding hydrogens is 262 g/mol. The second-order valence-electron chi connectivity index (χ2n) is 3.83. The molecule has 1 heterocycles. The van der Waals surface area contributed by atoms with Gasteiger partial charge in [-0.3, -0.25) is 0 Å². The van der Waals surface area contributed by atoms with Gasteiger partial charge in [-0.2, -0.15) is 0 Å². The monoisotopic (exact) mass is 275 g/mol. The summed E-state index contributed by atoms with van der Waals surface area (Å²) in [5, 5.41) is 3.01. The third kappa shape index (κ3) is 2.80. The highest BCUT2D eigenvalue weighted by molar-refractivity contribution is 7.92. The Kier molecular flexibility index (Phi) is 4.04. The Morgan fingerprint density at radius 1 is 1.47 bits per heavy atom. The minimum Gasteiger partial charge on any atom is -0.359 e. The first-order valence-electron chi connectivity index (χ1n) is 5.36. The van der Waals surface area contributed by atoms with Crippen molar-refractivity contribution in [2.45, 2.75) is 16.2 Å². The number of nitrogens with one attached hydrogen (secondary N) is 1. The number of rotatable bonds is 3. The molecule has 17 heavy (non-hydrogen) atoms. The van der Waals surface area contributed by atoms with Gasteiger partial charge >= 0.3 is 0 Å². The molecule has 1 aromatic carbocycles. The molecule has 1 unspecified atom stereocenters. The van der Waals surface area contributed by atoms with Crippen molar-refractivity contribution in [3.8, 4) is 0 Å². The predicted octanol–water partition coefficient (Wildman–Crippen LogP) is 1.15. The van der Waals surface area contributed by atoms with Crippen LogP contribution < -0.4 is 5.32 Å². The van der Waals surface area contributed by atoms with Gasteiger partial charge in [0, 0.05) is 19.0 Å². The third-order valence-corrected chi connectivity index (χ3v) is 4.84. The minimum atomic E-state index is -3.44. The zero-order valence-corrected chi connectivity index (χ0v) is 10.8. The Morgan fingerprint density at radius 3 is 2.94 bits per heavy atom. The van der Waals surface area contributed by atoms with Gasteiger partial charge in [0.2, 0.25) is 9.84 Å². The predicted molar refractivity (Wildman–Crippen MR) is 65.8 cm³/mol. The van der Waals surface area contributed by atoms with E-state index in [4.69, 9.17) is 16.3 Å². The van der Waals surface area contributed by atoms with Gasteiger partial charge in [0.15, 0.2) is 5.44 Å². The van der Waals surface area contributed by atoms with Crippen molar-refractivity contribution in [1.82, 2.24) is 5.32 Å². The van der Waals surface area contributed by atoms with Gasteiger partial charge in [0.25, 0.3) is 0 Å². The van der Waals surface area contributed by atoms with Crippen molar-refractivity contribution in [3.05, 3.63) is 29.8 Å². The highest BCUT2D eigenvalue weighted by Gasteiger charge is 2.29. The molecule has 1 saturated heterocycles. The lowest BCUT2D eigenvalue weighted by Crippen LogP contribution is -2.43. The number of hydrogen-bond donors (Lipinski definition) is 1. The van der Waals surface area contributed by atoms with Crippen LogP contribution in [-0.2, 0) is 20.5 Å². The summed E-state index contributed by atoms with van der Waals surface area (Å²) in [5.41, 5.74) is -0.0154. The fraction of sp³-hybridized carbons (Fsp3) is 0.455. The van der Waals surface area contributed by atoms with E-state index in [1.807, 2.05) is 0 Å². The van der Waals surface area contributed by atoms with Crippen molar-refractivity contribution >= 4 is 21.4 Å². The van der Waals surface area contributed by atoms with E-state index in [1.54, 1.807) is 24.3 Å². The first kappa shape index (κ1) is 12.8. The Hall–Kier alpha value is -0.620. The van der Waals surface area contributed by atoms with Crippen molar-refractivity contribution in [3.63, 3.8) is 0 Å². The molecule has 0 bridgehead atoms. The molecule has 1 fully saturated rings. The van der Waals surface area contributed by atoms with Crippen molar-refractivity contribution in [2.24, 2.45) is 0 Å². The van der Waals surface area contributed by atoms with E-state index in [-0.39, 0.29) is 4.90 Å². The number of sulfone groups is 1. The third-order valence-electron chi connectivity index (χ3n) is 2.62. The number of halogens is 1. The lowest BCUT2D eigenvalue weighted by atomic mass is 10.2. The summed E-state index contributed by atoms with van der Waals surface area (Å²) in [6, 6.07) is 6.66. The molecule has 1 aromatic rings. The molecule has 1 atom stereocenters. The van der Waals surface area contributed by atoms with E-state index >= 15 is 0 Å². The molecular formula is C11H14ClNO3S. The first-order valence-corrected chi connectivity index (χ1v) is 7.44. The standard InChI is InChI=1S/C11H14ClNO3S/c12-7-9-2-1-3-10(6-9)17(14,15)11-8-13-4-5-16-11/h1-3,6,11,13H,4-5,7-8H2. The highest BCUT2D eigenvalue weighted by atomic mass is 35.5. The van der Waals surface area contributed by atoms with Gasteiger partial charge < -0.3 is 10.1 Å². The summed E-state index contributed by atoms with van der Waals surface area (Å²) in [7, 11) is -3.44. The zero-order valence-electron chi connectivity index (χ0n) is 9.23. The molecule has 0 saturated carbocycles. The van der Waals surface area contributed by atoms with Crippen LogP contribution in [0.5, 0.6) is 0 Å². The summed E-state index contributed by atoms with van der Waals surface area (Å²) >= 11 is 5.70. The van der Waals surface area contributed by atoms with E-state index in [0.29, 0.717) is 25.6 Å². The lowest BCUT2D eigenvalue weighted by molar-refractivity contribution is 0.0785. The summed E-state index contributed by atoms with van der Waals surface area (Å²) in [6.07, 6.45) is 0. The quantitative estimate of drug-likeness (QED) is 0.841. The van der Waals surface area contributed by atoms with Gasteiger partial charge in [-0.15, -0.1) is 11.6 Å². The molecule has 4 nitrogen and oxygen atoms in total. The number of ether oxygens (including phenoxy) is 1. The van der Waals surface area contributed by atoms with Crippen LogP contribution in [0.3, 0.4) is 0 Å². The zero-order chi connectivity index (χ0) is 12.3. The molecule has 0 aliphatic carbocycles. The second kappa shape index (κ2) is 5.35. The van der Waals surface area contributed by atoms with Crippen LogP contribution in [0.15, 0.2) is 29.2 Å². The number of benzene rings is 1. The second-order valence-corrected chi connectivity index (χ2v) is 6.18. The summed E-state index contributed by atoms with van der Waals surface area (Å²) < 4.78 is 29.8. The molecule has 2 rings (SSSR count). The van der Waals surface area contributed by atoms with Crippen molar-refractivity contribution in [2.75, 3.05) is 19.7 Å². The van der Waals surface area contributed by atoms with Crippen LogP contribution in [0, 0.1) is 0 Å². The maximum atomic E-state index is 12.2. The van der Waals surface area contributed by atoms with Gasteiger partial charge in [-0.05, 0) is 17.7 Å². The minimum absolute atomic E-state index is 0.268. The molecule has 6 heteroatoms. The number of alkyl halides is 1. The van der Waals surface area contributed by atoms with E-state index in [0.717, 1.165) is 5.56 Å². The van der Waals surface area contributed by atoms with Crippen LogP contribution in [0.4, 0.5) is 0 Å². The van der Waals surface area contributed by atoms with E-state index in [2.05, 4.69) is 5.32 Å². The van der Waals surface area contributed by atoms with Gasteiger partial charge in [0.1, 0.15) is 0 Å². The molecule has 94 valence electrons. The Balaban J connectivity index is 2.29. The topological polar surface area (TPSA) is 55.4 Å². The van der Waals surface area contributed by atoms with Crippen molar-refractivity contribution in [1.29, 1.82) is 0 Å². The molecule has 1 aliphatic heterocycles. The van der Waals surface area contributed by atoms with Crippen LogP contribution in [0.25, 0.3) is 0 Å². The summed E-state index contributed by atoms with van der Waals surface area (Å²) in [4.78, 5) is 0.268. The van der Waals surface area contributed by atoms with E-state index < -0.39 is 15.3 Å². The van der Waals surface area contributed by atoms with Crippen LogP contribution in [0.1, 0.15) is 5.56 Å². The molecule has 0 amide bonds. The fourth-order valence-electron chi connectivity index (χ4n) is 1.70. The number of hydrogen-bond acceptors (Lipinski definition) is 4. The Bertz CT molecular complexity index is 483. The number of morpholine rings is 1. The summed E-state index contributed by atoms with van der Waals surface area (Å²) in [6.45, 7) is 1.43. The van der Waals surface area contributed by atoms with E-state index in [1.165, 1.54) is 0 Å². The maximum Gasteiger partial charge on any atom is 0.206 e. The average molecular weight is 276 g/mol. The smallest absolute Gasteiger partial charge is 0.206 e. The van der Waals surface area contributed by atoms with Crippen LogP contribution in [-0.4, -0.2) is 33.6 Å². The molecule has 0 aromatic heterocycles. The average Bonchev–Trinajstić information content (AvgIpc) is 2.40. The van der Waals surface area contributed by atoms with Crippen LogP contribution in [0.2, 0.25) is 0 Å². The lowest BCUT2D eigenvalue weighted by Gasteiger charge is -2.23. The fourth-order valence-corrected chi connectivity index (χ4v) is 3.36. The Morgan fingerprint density at radius 2 is 2.29 bits per heavy atom. The molecule has 1 N–H and O–H groups in total. The molecule has 0 radical (unpaired) electrons. The van der Waals surface area contributed by atoms with Gasteiger partial charge in [-0.25, -0.2) is 8.42 Å². The molecule has 0 spiro atoms. The maximum absolute atomic E-state index is 12.2. The van der Waals surface area contributed by atoms with Gasteiger partial charge in [0.05, 0.1) is 11.5 Å². The largest absolute Gasteiger partial charge is 0.359 e. The van der Waals surface area contributed by atoms with E-state index in [9.17, 15) is 8.42 Å². The summed E-state index contributed by atoms with van der Waals surface area (Å²) in [5.74, 6) is 0.299. The molecule has 1 aliphatic rings. The SMILES string of the molecule is O=S(=O)(c1cccc(CCl)c1)C1CNCCO1.